The molecule has 1 aromatic rings. The third-order valence-electron chi connectivity index (χ3n) is 3.05. The molecule has 2 nitrogen and oxygen atoms in total. The molecule has 0 spiro atoms. The van der Waals surface area contributed by atoms with Crippen molar-refractivity contribution in [3.05, 3.63) is 40.9 Å². The standard InChI is InChI=1S/C13H16N2/c1-9-10(2)13(14-11(9)3)8-12-6-5-7-15(12)4/h5-8H,1-4H3/b13-8-. The molecule has 2 heteroatoms. The summed E-state index contributed by atoms with van der Waals surface area (Å²) in [6.45, 7) is 6.31. The average molecular weight is 200 g/mol. The van der Waals surface area contributed by atoms with Crippen LogP contribution in [0.25, 0.3) is 6.08 Å². The first kappa shape index (κ1) is 9.97. The second kappa shape index (κ2) is 3.54. The van der Waals surface area contributed by atoms with Crippen LogP contribution in [0, 0.1) is 0 Å². The van der Waals surface area contributed by atoms with Crippen LogP contribution in [0.15, 0.2) is 40.2 Å². The SMILES string of the molecule is CC1=N/C(=C\c2cccn2C)C(C)=C1C. The first-order valence-electron chi connectivity index (χ1n) is 5.16. The van der Waals surface area contributed by atoms with Crippen LogP contribution >= 0.6 is 0 Å². The van der Waals surface area contributed by atoms with Gasteiger partial charge >= 0.3 is 0 Å². The van der Waals surface area contributed by atoms with Crippen LogP contribution in [-0.4, -0.2) is 10.3 Å². The third-order valence-corrected chi connectivity index (χ3v) is 3.05. The van der Waals surface area contributed by atoms with E-state index in [-0.39, 0.29) is 0 Å². The Labute approximate surface area is 90.6 Å². The monoisotopic (exact) mass is 200 g/mol. The highest BCUT2D eigenvalue weighted by Gasteiger charge is 2.13. The van der Waals surface area contributed by atoms with Crippen LogP contribution in [0.3, 0.4) is 0 Å². The molecule has 0 saturated heterocycles. The minimum Gasteiger partial charge on any atom is -0.351 e. The van der Waals surface area contributed by atoms with Crippen LogP contribution in [-0.2, 0) is 7.05 Å². The van der Waals surface area contributed by atoms with Crippen molar-refractivity contribution >= 4 is 11.8 Å². The van der Waals surface area contributed by atoms with Gasteiger partial charge < -0.3 is 4.57 Å². The molecule has 0 unspecified atom stereocenters. The molecule has 0 amide bonds. The minimum absolute atomic E-state index is 1.09. The molecule has 1 aromatic heterocycles. The number of allylic oxidation sites excluding steroid dienone is 2. The lowest BCUT2D eigenvalue weighted by atomic mass is 10.1. The van der Waals surface area contributed by atoms with Gasteiger partial charge in [-0.3, -0.25) is 4.99 Å². The summed E-state index contributed by atoms with van der Waals surface area (Å²) in [5, 5.41) is 0. The number of nitrogens with zero attached hydrogens (tertiary/aromatic N) is 2. The summed E-state index contributed by atoms with van der Waals surface area (Å²) < 4.78 is 2.10. The Morgan fingerprint density at radius 2 is 1.93 bits per heavy atom. The molecule has 0 atom stereocenters. The predicted octanol–water partition coefficient (Wildman–Crippen LogP) is 3.18. The Bertz CT molecular complexity index is 484. The van der Waals surface area contributed by atoms with Gasteiger partial charge in [0.05, 0.1) is 5.70 Å². The van der Waals surface area contributed by atoms with Gasteiger partial charge in [-0.25, -0.2) is 0 Å². The lowest BCUT2D eigenvalue weighted by Gasteiger charge is -1.99. The Balaban J connectivity index is 2.43. The third kappa shape index (κ3) is 1.67. The summed E-state index contributed by atoms with van der Waals surface area (Å²) in [5.41, 5.74) is 6.00. The first-order chi connectivity index (χ1) is 7.09. The fraction of sp³-hybridized carbons (Fsp3) is 0.308. The number of aryl methyl sites for hydroxylation is 1. The van der Waals surface area contributed by atoms with E-state index in [2.05, 4.69) is 42.5 Å². The van der Waals surface area contributed by atoms with Crippen LogP contribution in [0.2, 0.25) is 0 Å². The maximum atomic E-state index is 4.56. The summed E-state index contributed by atoms with van der Waals surface area (Å²) >= 11 is 0. The van der Waals surface area contributed by atoms with Crippen LogP contribution in [0.5, 0.6) is 0 Å². The van der Waals surface area contributed by atoms with Crippen molar-refractivity contribution in [3.63, 3.8) is 0 Å². The van der Waals surface area contributed by atoms with Gasteiger partial charge in [0.15, 0.2) is 0 Å². The second-order valence-electron chi connectivity index (χ2n) is 4.02. The molecule has 0 radical (unpaired) electrons. The molecular weight excluding hydrogens is 184 g/mol. The van der Waals surface area contributed by atoms with Crippen molar-refractivity contribution in [1.29, 1.82) is 0 Å². The molecule has 0 aromatic carbocycles. The normalized spacial score (nSPS) is 18.9. The zero-order valence-electron chi connectivity index (χ0n) is 9.70. The van der Waals surface area contributed by atoms with Gasteiger partial charge in [-0.1, -0.05) is 0 Å². The first-order valence-corrected chi connectivity index (χ1v) is 5.16. The zero-order valence-corrected chi connectivity index (χ0v) is 9.70. The van der Waals surface area contributed by atoms with Crippen LogP contribution in [0.1, 0.15) is 26.5 Å². The number of rotatable bonds is 1. The fourth-order valence-electron chi connectivity index (χ4n) is 1.72. The molecule has 0 saturated carbocycles. The molecule has 0 fully saturated rings. The van der Waals surface area contributed by atoms with E-state index in [0.29, 0.717) is 0 Å². The minimum atomic E-state index is 1.09. The molecule has 1 aliphatic heterocycles. The largest absolute Gasteiger partial charge is 0.351 e. The number of hydrogen-bond donors (Lipinski definition) is 0. The zero-order chi connectivity index (χ0) is 11.0. The topological polar surface area (TPSA) is 17.3 Å². The van der Waals surface area contributed by atoms with Gasteiger partial charge in [-0.05, 0) is 50.1 Å². The number of aromatic nitrogens is 1. The molecule has 2 heterocycles. The summed E-state index contributed by atoms with van der Waals surface area (Å²) in [7, 11) is 2.05. The van der Waals surface area contributed by atoms with Crippen molar-refractivity contribution in [2.45, 2.75) is 20.8 Å². The van der Waals surface area contributed by atoms with E-state index in [1.165, 1.54) is 16.8 Å². The summed E-state index contributed by atoms with van der Waals surface area (Å²) in [6.07, 6.45) is 4.18. The van der Waals surface area contributed by atoms with Crippen LogP contribution < -0.4 is 0 Å². The maximum Gasteiger partial charge on any atom is 0.0686 e. The van der Waals surface area contributed by atoms with Gasteiger partial charge in [0.2, 0.25) is 0 Å². The maximum absolute atomic E-state index is 4.56. The Morgan fingerprint density at radius 3 is 2.40 bits per heavy atom. The fourth-order valence-corrected chi connectivity index (χ4v) is 1.72. The molecule has 1 aliphatic rings. The van der Waals surface area contributed by atoms with Gasteiger partial charge in [0.1, 0.15) is 0 Å². The summed E-state index contributed by atoms with van der Waals surface area (Å²) in [6, 6.07) is 4.14. The van der Waals surface area contributed by atoms with E-state index in [4.69, 9.17) is 0 Å². The van der Waals surface area contributed by atoms with E-state index >= 15 is 0 Å². The molecule has 78 valence electrons. The molecular formula is C13H16N2. The van der Waals surface area contributed by atoms with Crippen molar-refractivity contribution < 1.29 is 0 Å². The van der Waals surface area contributed by atoms with Crippen molar-refractivity contribution in [2.75, 3.05) is 0 Å². The van der Waals surface area contributed by atoms with Crippen LogP contribution in [0.4, 0.5) is 0 Å². The van der Waals surface area contributed by atoms with E-state index in [1.807, 2.05) is 19.3 Å². The predicted molar refractivity (Wildman–Crippen MR) is 64.9 cm³/mol. The van der Waals surface area contributed by atoms with Crippen molar-refractivity contribution in [2.24, 2.45) is 12.0 Å². The van der Waals surface area contributed by atoms with E-state index in [0.717, 1.165) is 11.4 Å². The Hall–Kier alpha value is -1.57. The summed E-state index contributed by atoms with van der Waals surface area (Å²) in [4.78, 5) is 4.56. The van der Waals surface area contributed by atoms with E-state index < -0.39 is 0 Å². The van der Waals surface area contributed by atoms with Gasteiger partial charge in [0.25, 0.3) is 0 Å². The number of hydrogen-bond acceptors (Lipinski definition) is 1. The van der Waals surface area contributed by atoms with E-state index in [1.54, 1.807) is 0 Å². The van der Waals surface area contributed by atoms with Gasteiger partial charge in [-0.15, -0.1) is 0 Å². The smallest absolute Gasteiger partial charge is 0.0686 e. The van der Waals surface area contributed by atoms with Crippen molar-refractivity contribution in [1.82, 2.24) is 4.57 Å². The molecule has 0 N–H and O–H groups in total. The van der Waals surface area contributed by atoms with E-state index in [9.17, 15) is 0 Å². The average Bonchev–Trinajstić information content (AvgIpc) is 2.69. The number of aliphatic imine (C=N–C) groups is 1. The van der Waals surface area contributed by atoms with Gasteiger partial charge in [-0.2, -0.15) is 0 Å². The lowest BCUT2D eigenvalue weighted by molar-refractivity contribution is 0.913. The lowest BCUT2D eigenvalue weighted by Crippen LogP contribution is -1.89. The molecule has 15 heavy (non-hydrogen) atoms. The summed E-state index contributed by atoms with van der Waals surface area (Å²) in [5.74, 6) is 0. The molecule has 2 rings (SSSR count). The Morgan fingerprint density at radius 1 is 1.20 bits per heavy atom. The molecule has 0 aliphatic carbocycles. The van der Waals surface area contributed by atoms with Crippen molar-refractivity contribution in [3.8, 4) is 0 Å². The molecule has 0 bridgehead atoms. The second-order valence-corrected chi connectivity index (χ2v) is 4.02. The highest BCUT2D eigenvalue weighted by atomic mass is 14.9. The highest BCUT2D eigenvalue weighted by molar-refractivity contribution is 6.03. The van der Waals surface area contributed by atoms with Gasteiger partial charge in [0, 0.05) is 24.7 Å². The Kier molecular flexibility index (Phi) is 2.35. The quantitative estimate of drug-likeness (QED) is 0.662. The highest BCUT2D eigenvalue weighted by Crippen LogP contribution is 2.26.